The largest absolute Gasteiger partial charge is 0.135 e. The van der Waals surface area contributed by atoms with Crippen LogP contribution in [-0.2, 0) is 0 Å². The summed E-state index contributed by atoms with van der Waals surface area (Å²) in [5, 5.41) is 18.4. The van der Waals surface area contributed by atoms with E-state index in [-0.39, 0.29) is 0 Å². The Hall–Kier alpha value is -6.06. The quantitative estimate of drug-likeness (QED) is 0.158. The van der Waals surface area contributed by atoms with Crippen LogP contribution in [0.5, 0.6) is 0 Å². The maximum Gasteiger partial charge on any atom is 0.0355 e. The van der Waals surface area contributed by atoms with E-state index in [0.717, 1.165) is 0 Å². The molecule has 12 rings (SSSR count). The summed E-state index contributed by atoms with van der Waals surface area (Å²) in [6, 6.07) is 63.9. The van der Waals surface area contributed by atoms with Crippen molar-refractivity contribution in [2.45, 2.75) is 0 Å². The molecule has 0 aliphatic carbocycles. The Kier molecular flexibility index (Phi) is 5.90. The van der Waals surface area contributed by atoms with Crippen LogP contribution in [0.4, 0.5) is 0 Å². The third-order valence-corrected chi connectivity index (χ3v) is 13.5. The van der Waals surface area contributed by atoms with E-state index in [1.807, 2.05) is 22.7 Å². The van der Waals surface area contributed by atoms with Gasteiger partial charge in [-0.2, -0.15) is 0 Å². The van der Waals surface area contributed by atoms with E-state index >= 15 is 0 Å². The minimum Gasteiger partial charge on any atom is -0.135 e. The van der Waals surface area contributed by atoms with Gasteiger partial charge in [0.1, 0.15) is 0 Å². The van der Waals surface area contributed by atoms with Crippen molar-refractivity contribution in [1.29, 1.82) is 0 Å². The zero-order valence-corrected chi connectivity index (χ0v) is 29.6. The van der Waals surface area contributed by atoms with Crippen molar-refractivity contribution >= 4 is 117 Å². The molecule has 10 aromatic carbocycles. The average Bonchev–Trinajstić information content (AvgIpc) is 3.78. The molecule has 2 heterocycles. The van der Waals surface area contributed by atoms with Crippen molar-refractivity contribution in [3.63, 3.8) is 0 Å². The minimum atomic E-state index is 1.25. The molecule has 0 spiro atoms. The molecule has 0 bridgehead atoms. The highest BCUT2D eigenvalue weighted by molar-refractivity contribution is 7.26. The SMILES string of the molecule is c1ccc2c(c1)sc1ccc(-c3ccc4c5ccc(-c6ccc7sc8ccccc8c7c6)cc5c5c6ccccc6c6ccccc6c5c4c3)cc12. The van der Waals surface area contributed by atoms with E-state index in [4.69, 9.17) is 0 Å². The van der Waals surface area contributed by atoms with Crippen LogP contribution >= 0.6 is 22.7 Å². The first-order chi connectivity index (χ1) is 25.8. The zero-order chi connectivity index (χ0) is 33.9. The van der Waals surface area contributed by atoms with Crippen molar-refractivity contribution in [2.24, 2.45) is 0 Å². The van der Waals surface area contributed by atoms with E-state index in [1.54, 1.807) is 0 Å². The lowest BCUT2D eigenvalue weighted by Crippen LogP contribution is -1.90. The lowest BCUT2D eigenvalue weighted by molar-refractivity contribution is 1.70. The Bertz CT molecular complexity index is 3240. The van der Waals surface area contributed by atoms with E-state index in [1.165, 1.54) is 116 Å². The fraction of sp³-hybridized carbons (Fsp3) is 0. The second-order valence-electron chi connectivity index (χ2n) is 14.0. The molecule has 0 aliphatic heterocycles. The summed E-state index contributed by atoms with van der Waals surface area (Å²) in [6.45, 7) is 0. The molecule has 240 valence electrons. The second kappa shape index (κ2) is 10.7. The molecule has 0 saturated carbocycles. The molecule has 2 aromatic heterocycles. The van der Waals surface area contributed by atoms with Crippen LogP contribution in [0.3, 0.4) is 0 Å². The van der Waals surface area contributed by atoms with Crippen LogP contribution in [0.2, 0.25) is 0 Å². The maximum atomic E-state index is 2.46. The van der Waals surface area contributed by atoms with Gasteiger partial charge in [-0.05, 0) is 125 Å². The van der Waals surface area contributed by atoms with Gasteiger partial charge in [0.2, 0.25) is 0 Å². The average molecular weight is 693 g/mol. The third-order valence-electron chi connectivity index (χ3n) is 11.2. The summed E-state index contributed by atoms with van der Waals surface area (Å²) in [5.41, 5.74) is 5.00. The van der Waals surface area contributed by atoms with Crippen molar-refractivity contribution in [2.75, 3.05) is 0 Å². The second-order valence-corrected chi connectivity index (χ2v) is 16.1. The molecule has 0 aliphatic rings. The Balaban J connectivity index is 1.18. The van der Waals surface area contributed by atoms with Gasteiger partial charge in [0.15, 0.2) is 0 Å². The Morgan fingerprint density at radius 1 is 0.212 bits per heavy atom. The lowest BCUT2D eigenvalue weighted by Gasteiger charge is -2.18. The summed E-state index contributed by atoms with van der Waals surface area (Å²) in [5.74, 6) is 0. The summed E-state index contributed by atoms with van der Waals surface area (Å²) < 4.78 is 5.35. The van der Waals surface area contributed by atoms with Gasteiger partial charge in [0.05, 0.1) is 0 Å². The number of fused-ring (bicyclic) bond motifs is 17. The first kappa shape index (κ1) is 28.6. The van der Waals surface area contributed by atoms with Crippen LogP contribution in [0, 0.1) is 0 Å². The molecule has 0 N–H and O–H groups in total. The van der Waals surface area contributed by atoms with Gasteiger partial charge in [0.25, 0.3) is 0 Å². The van der Waals surface area contributed by atoms with Gasteiger partial charge in [-0.1, -0.05) is 121 Å². The fourth-order valence-corrected chi connectivity index (χ4v) is 11.0. The van der Waals surface area contributed by atoms with Gasteiger partial charge in [-0.15, -0.1) is 22.7 Å². The van der Waals surface area contributed by atoms with Crippen LogP contribution in [0.25, 0.3) is 116 Å². The summed E-state index contributed by atoms with van der Waals surface area (Å²) >= 11 is 3.75. The van der Waals surface area contributed by atoms with E-state index in [2.05, 4.69) is 170 Å². The predicted molar refractivity (Wildman–Crippen MR) is 231 cm³/mol. The number of hydrogen-bond donors (Lipinski definition) is 0. The van der Waals surface area contributed by atoms with Gasteiger partial charge in [-0.25, -0.2) is 0 Å². The van der Waals surface area contributed by atoms with Gasteiger partial charge < -0.3 is 0 Å². The molecular weight excluding hydrogens is 665 g/mol. The van der Waals surface area contributed by atoms with E-state index in [9.17, 15) is 0 Å². The van der Waals surface area contributed by atoms with Gasteiger partial charge in [0, 0.05) is 40.3 Å². The first-order valence-electron chi connectivity index (χ1n) is 17.8. The van der Waals surface area contributed by atoms with Crippen molar-refractivity contribution < 1.29 is 0 Å². The molecule has 0 amide bonds. The molecule has 12 aromatic rings. The Morgan fingerprint density at radius 2 is 0.519 bits per heavy atom. The maximum absolute atomic E-state index is 2.46. The van der Waals surface area contributed by atoms with E-state index < -0.39 is 0 Å². The fourth-order valence-electron chi connectivity index (χ4n) is 8.84. The highest BCUT2D eigenvalue weighted by Gasteiger charge is 2.18. The highest BCUT2D eigenvalue weighted by Crippen LogP contribution is 2.46. The standard InChI is InChI=1S/C50H28S2/c1-3-13-39-33(9-1)34-10-2-4-14-40(34)50-44-28-30(32-20-24-48-42(26-32)38-12-6-8-16-46(38)52-48)18-22-36(44)35-21-17-29(27-43(35)49(39)50)31-19-23-47-41(25-31)37-11-5-7-15-45(37)51-47/h1-28H. The Labute approximate surface area is 307 Å². The molecule has 0 nitrogen and oxygen atoms in total. The van der Waals surface area contributed by atoms with Crippen molar-refractivity contribution in [3.8, 4) is 22.3 Å². The molecule has 2 heteroatoms. The number of thiophene rings is 2. The normalized spacial score (nSPS) is 12.2. The van der Waals surface area contributed by atoms with Crippen LogP contribution in [-0.4, -0.2) is 0 Å². The molecule has 0 fully saturated rings. The first-order valence-corrected chi connectivity index (χ1v) is 19.5. The molecule has 0 atom stereocenters. The smallest absolute Gasteiger partial charge is 0.0355 e. The van der Waals surface area contributed by atoms with Gasteiger partial charge in [-0.3, -0.25) is 0 Å². The van der Waals surface area contributed by atoms with E-state index in [0.29, 0.717) is 0 Å². The van der Waals surface area contributed by atoms with Crippen molar-refractivity contribution in [1.82, 2.24) is 0 Å². The predicted octanol–water partition coefficient (Wildman–Crippen LogP) is 15.5. The summed E-state index contributed by atoms with van der Waals surface area (Å²) in [7, 11) is 0. The van der Waals surface area contributed by atoms with Gasteiger partial charge >= 0.3 is 0 Å². The van der Waals surface area contributed by atoms with Crippen LogP contribution in [0.15, 0.2) is 170 Å². The van der Waals surface area contributed by atoms with Crippen LogP contribution in [0.1, 0.15) is 0 Å². The highest BCUT2D eigenvalue weighted by atomic mass is 32.1. The lowest BCUT2D eigenvalue weighted by atomic mass is 9.85. The molecule has 0 radical (unpaired) electrons. The zero-order valence-electron chi connectivity index (χ0n) is 28.0. The molecule has 52 heavy (non-hydrogen) atoms. The monoisotopic (exact) mass is 692 g/mol. The van der Waals surface area contributed by atoms with Crippen molar-refractivity contribution in [3.05, 3.63) is 170 Å². The number of benzene rings is 10. The van der Waals surface area contributed by atoms with Crippen LogP contribution < -0.4 is 0 Å². The number of rotatable bonds is 2. The summed E-state index contributed by atoms with van der Waals surface area (Å²) in [4.78, 5) is 0. The molecule has 0 unspecified atom stereocenters. The molecular formula is C50H28S2. The molecule has 0 saturated heterocycles. The summed E-state index contributed by atoms with van der Waals surface area (Å²) in [6.07, 6.45) is 0. The Morgan fingerprint density at radius 3 is 0.962 bits per heavy atom. The topological polar surface area (TPSA) is 0 Å². The minimum absolute atomic E-state index is 1.25. The third kappa shape index (κ3) is 4.02. The number of hydrogen-bond acceptors (Lipinski definition) is 2.